The first kappa shape index (κ1) is 13.3. The van der Waals surface area contributed by atoms with Crippen LogP contribution < -0.4 is 5.32 Å². The van der Waals surface area contributed by atoms with Gasteiger partial charge >= 0.3 is 5.97 Å². The average molecular weight is 235 g/mol. The largest absolute Gasteiger partial charge is 0.508 e. The van der Waals surface area contributed by atoms with Gasteiger partial charge in [-0.3, -0.25) is 0 Å². The fourth-order valence-corrected chi connectivity index (χ4v) is 1.45. The summed E-state index contributed by atoms with van der Waals surface area (Å²) in [7, 11) is 0. The molecule has 0 aliphatic heterocycles. The number of benzene rings is 1. The molecule has 3 N–H and O–H groups in total. The number of phenolic OH excluding ortho intramolecular Hbond substituents is 1. The lowest BCUT2D eigenvalue weighted by atomic mass is 10.2. The van der Waals surface area contributed by atoms with Crippen LogP contribution >= 0.6 is 0 Å². The zero-order valence-corrected chi connectivity index (χ0v) is 9.81. The van der Waals surface area contributed by atoms with Crippen LogP contribution in [0.1, 0.15) is 18.9 Å². The highest BCUT2D eigenvalue weighted by Crippen LogP contribution is 2.14. The number of aromatic hydroxyl groups is 1. The highest BCUT2D eigenvalue weighted by atomic mass is 16.4. The van der Waals surface area contributed by atoms with Crippen molar-refractivity contribution in [2.75, 3.05) is 6.54 Å². The SMILES string of the molecule is CC/C(=C/CNCc1ccccc1O)C(=O)O. The van der Waals surface area contributed by atoms with E-state index in [1.807, 2.05) is 19.1 Å². The molecule has 92 valence electrons. The van der Waals surface area contributed by atoms with E-state index in [0.717, 1.165) is 5.56 Å². The molecule has 0 radical (unpaired) electrons. The van der Waals surface area contributed by atoms with Crippen molar-refractivity contribution in [3.63, 3.8) is 0 Å². The van der Waals surface area contributed by atoms with Gasteiger partial charge in [0.25, 0.3) is 0 Å². The summed E-state index contributed by atoms with van der Waals surface area (Å²) in [6, 6.07) is 7.06. The summed E-state index contributed by atoms with van der Waals surface area (Å²) in [5, 5.41) is 21.4. The van der Waals surface area contributed by atoms with Crippen LogP contribution in [-0.2, 0) is 11.3 Å². The molecule has 17 heavy (non-hydrogen) atoms. The highest BCUT2D eigenvalue weighted by molar-refractivity contribution is 5.86. The molecule has 0 bridgehead atoms. The minimum atomic E-state index is -0.878. The number of para-hydroxylation sites is 1. The van der Waals surface area contributed by atoms with Crippen molar-refractivity contribution >= 4 is 5.97 Å². The van der Waals surface area contributed by atoms with Crippen molar-refractivity contribution in [2.24, 2.45) is 0 Å². The summed E-state index contributed by atoms with van der Waals surface area (Å²) in [6.07, 6.45) is 2.16. The molecule has 0 aliphatic rings. The molecule has 4 nitrogen and oxygen atoms in total. The first-order valence-corrected chi connectivity index (χ1v) is 5.55. The van der Waals surface area contributed by atoms with Gasteiger partial charge in [0.05, 0.1) is 0 Å². The molecular weight excluding hydrogens is 218 g/mol. The third-order valence-corrected chi connectivity index (χ3v) is 2.46. The zero-order chi connectivity index (χ0) is 12.7. The molecule has 0 aliphatic carbocycles. The van der Waals surface area contributed by atoms with Gasteiger partial charge in [0.15, 0.2) is 0 Å². The predicted molar refractivity (Wildman–Crippen MR) is 65.8 cm³/mol. The van der Waals surface area contributed by atoms with E-state index in [1.165, 1.54) is 0 Å². The van der Waals surface area contributed by atoms with E-state index in [2.05, 4.69) is 5.32 Å². The van der Waals surface area contributed by atoms with Gasteiger partial charge in [0.2, 0.25) is 0 Å². The molecule has 0 spiro atoms. The summed E-state index contributed by atoms with van der Waals surface area (Å²) < 4.78 is 0. The monoisotopic (exact) mass is 235 g/mol. The van der Waals surface area contributed by atoms with Crippen LogP contribution in [0.4, 0.5) is 0 Å². The van der Waals surface area contributed by atoms with Crippen molar-refractivity contribution < 1.29 is 15.0 Å². The smallest absolute Gasteiger partial charge is 0.331 e. The third kappa shape index (κ3) is 4.28. The predicted octanol–water partition coefficient (Wildman–Crippen LogP) is 1.90. The molecule has 0 atom stereocenters. The van der Waals surface area contributed by atoms with Crippen LogP contribution in [0.3, 0.4) is 0 Å². The van der Waals surface area contributed by atoms with E-state index in [9.17, 15) is 9.90 Å². The van der Waals surface area contributed by atoms with Crippen molar-refractivity contribution in [3.05, 3.63) is 41.5 Å². The van der Waals surface area contributed by atoms with Crippen LogP contribution in [0.5, 0.6) is 5.75 Å². The summed E-state index contributed by atoms with van der Waals surface area (Å²) in [5.74, 6) is -0.630. The maximum atomic E-state index is 10.7. The zero-order valence-electron chi connectivity index (χ0n) is 9.81. The van der Waals surface area contributed by atoms with Gasteiger partial charge in [-0.15, -0.1) is 0 Å². The minimum absolute atomic E-state index is 0.248. The van der Waals surface area contributed by atoms with E-state index in [4.69, 9.17) is 5.11 Å². The van der Waals surface area contributed by atoms with Gasteiger partial charge in [-0.05, 0) is 12.5 Å². The molecular formula is C13H17NO3. The summed E-state index contributed by atoms with van der Waals surface area (Å²) >= 11 is 0. The fourth-order valence-electron chi connectivity index (χ4n) is 1.45. The quantitative estimate of drug-likeness (QED) is 0.520. The topological polar surface area (TPSA) is 69.6 Å². The minimum Gasteiger partial charge on any atom is -0.508 e. The van der Waals surface area contributed by atoms with Crippen molar-refractivity contribution in [2.45, 2.75) is 19.9 Å². The number of nitrogens with one attached hydrogen (secondary N) is 1. The molecule has 1 aromatic rings. The number of carbonyl (C=O) groups is 1. The first-order valence-electron chi connectivity index (χ1n) is 5.55. The molecule has 0 heterocycles. The highest BCUT2D eigenvalue weighted by Gasteiger charge is 2.03. The lowest BCUT2D eigenvalue weighted by molar-refractivity contribution is -0.132. The molecule has 1 aromatic carbocycles. The first-order chi connectivity index (χ1) is 8.15. The number of hydrogen-bond acceptors (Lipinski definition) is 3. The Hall–Kier alpha value is -1.81. The van der Waals surface area contributed by atoms with Crippen molar-refractivity contribution in [1.82, 2.24) is 5.32 Å². The molecule has 0 fully saturated rings. The number of aliphatic carboxylic acids is 1. The molecule has 0 aromatic heterocycles. The summed E-state index contributed by atoms with van der Waals surface area (Å²) in [6.45, 7) is 2.80. The summed E-state index contributed by atoms with van der Waals surface area (Å²) in [5.41, 5.74) is 1.20. The standard InChI is InChI=1S/C13H17NO3/c1-2-10(13(16)17)7-8-14-9-11-5-3-4-6-12(11)15/h3-7,14-15H,2,8-9H2,1H3,(H,16,17)/b10-7-. The van der Waals surface area contributed by atoms with Crippen molar-refractivity contribution in [3.8, 4) is 5.75 Å². The Morgan fingerprint density at radius 1 is 1.41 bits per heavy atom. The second kappa shape index (κ2) is 6.70. The van der Waals surface area contributed by atoms with Gasteiger partial charge in [-0.2, -0.15) is 0 Å². The van der Waals surface area contributed by atoms with E-state index >= 15 is 0 Å². The Kier molecular flexibility index (Phi) is 5.23. The molecule has 0 saturated carbocycles. The van der Waals surface area contributed by atoms with Gasteiger partial charge < -0.3 is 15.5 Å². The molecule has 0 unspecified atom stereocenters. The summed E-state index contributed by atoms with van der Waals surface area (Å²) in [4.78, 5) is 10.7. The lowest BCUT2D eigenvalue weighted by Crippen LogP contribution is -2.14. The number of rotatable bonds is 6. The van der Waals surface area contributed by atoms with E-state index < -0.39 is 5.97 Å². The second-order valence-electron chi connectivity index (χ2n) is 3.65. The third-order valence-electron chi connectivity index (χ3n) is 2.46. The Labute approximate surface area is 101 Å². The van der Waals surface area contributed by atoms with Gasteiger partial charge in [-0.1, -0.05) is 31.2 Å². The maximum absolute atomic E-state index is 10.7. The van der Waals surface area contributed by atoms with Crippen LogP contribution in [0, 0.1) is 0 Å². The molecule has 0 saturated heterocycles. The Morgan fingerprint density at radius 2 is 2.12 bits per heavy atom. The van der Waals surface area contributed by atoms with E-state index in [0.29, 0.717) is 25.1 Å². The van der Waals surface area contributed by atoms with Gasteiger partial charge in [-0.25, -0.2) is 4.79 Å². The fraction of sp³-hybridized carbons (Fsp3) is 0.308. The normalized spacial score (nSPS) is 11.5. The Morgan fingerprint density at radius 3 is 2.71 bits per heavy atom. The lowest BCUT2D eigenvalue weighted by Gasteiger charge is -2.05. The number of carboxylic acid groups (broad SMARTS) is 1. The van der Waals surface area contributed by atoms with Gasteiger partial charge in [0, 0.05) is 24.2 Å². The van der Waals surface area contributed by atoms with E-state index in [1.54, 1.807) is 18.2 Å². The van der Waals surface area contributed by atoms with Crippen molar-refractivity contribution in [1.29, 1.82) is 0 Å². The van der Waals surface area contributed by atoms with Crippen LogP contribution in [0.2, 0.25) is 0 Å². The van der Waals surface area contributed by atoms with Crippen LogP contribution in [0.15, 0.2) is 35.9 Å². The molecule has 1 rings (SSSR count). The van der Waals surface area contributed by atoms with Crippen LogP contribution in [0.25, 0.3) is 0 Å². The number of phenols is 1. The van der Waals surface area contributed by atoms with Gasteiger partial charge in [0.1, 0.15) is 5.75 Å². The molecule has 4 heteroatoms. The average Bonchev–Trinajstić information content (AvgIpc) is 2.31. The van der Waals surface area contributed by atoms with E-state index in [-0.39, 0.29) is 5.75 Å². The Bertz CT molecular complexity index is 413. The Balaban J connectivity index is 2.43. The maximum Gasteiger partial charge on any atom is 0.331 e. The second-order valence-corrected chi connectivity index (χ2v) is 3.65. The number of carboxylic acids is 1. The van der Waals surface area contributed by atoms with Crippen LogP contribution in [-0.4, -0.2) is 22.7 Å². The number of hydrogen-bond donors (Lipinski definition) is 3. The molecule has 0 amide bonds.